The second kappa shape index (κ2) is 3.70. The van der Waals surface area contributed by atoms with Crippen LogP contribution in [-0.2, 0) is 9.84 Å². The number of aliphatic hydroxyl groups excluding tert-OH is 1. The number of halogens is 1. The van der Waals surface area contributed by atoms with Crippen molar-refractivity contribution in [1.82, 2.24) is 0 Å². The highest BCUT2D eigenvalue weighted by Crippen LogP contribution is 2.23. The zero-order chi connectivity index (χ0) is 9.19. The van der Waals surface area contributed by atoms with Crippen LogP contribution in [0.2, 0.25) is 0 Å². The molecule has 1 rings (SSSR count). The second-order valence-corrected chi connectivity index (χ2v) is 5.51. The monoisotopic (exact) mass is 196 g/mol. The van der Waals surface area contributed by atoms with Crippen molar-refractivity contribution in [3.8, 4) is 0 Å². The first-order valence-corrected chi connectivity index (χ1v) is 5.81. The van der Waals surface area contributed by atoms with E-state index >= 15 is 0 Å². The van der Waals surface area contributed by atoms with Crippen LogP contribution in [0.4, 0.5) is 4.39 Å². The number of alkyl halides is 1. The summed E-state index contributed by atoms with van der Waals surface area (Å²) in [5, 5.41) is 8.40. The Morgan fingerprint density at radius 3 is 2.67 bits per heavy atom. The Morgan fingerprint density at radius 1 is 1.58 bits per heavy atom. The van der Waals surface area contributed by atoms with E-state index in [2.05, 4.69) is 0 Å². The molecular formula is C7H13FO3S. The van der Waals surface area contributed by atoms with Crippen LogP contribution in [0.25, 0.3) is 0 Å². The van der Waals surface area contributed by atoms with E-state index in [4.69, 9.17) is 5.11 Å². The SMILES string of the molecule is O=S1(=O)CCC(CC(F)CO)C1. The molecule has 1 saturated heterocycles. The van der Waals surface area contributed by atoms with Gasteiger partial charge < -0.3 is 5.11 Å². The van der Waals surface area contributed by atoms with Crippen LogP contribution in [0, 0.1) is 5.92 Å². The van der Waals surface area contributed by atoms with Crippen molar-refractivity contribution in [1.29, 1.82) is 0 Å². The first kappa shape index (κ1) is 9.92. The molecule has 0 aromatic rings. The molecule has 0 radical (unpaired) electrons. The van der Waals surface area contributed by atoms with Crippen molar-refractivity contribution in [3.63, 3.8) is 0 Å². The molecular weight excluding hydrogens is 183 g/mol. The Balaban J connectivity index is 2.38. The van der Waals surface area contributed by atoms with Gasteiger partial charge in [0, 0.05) is 0 Å². The first-order valence-electron chi connectivity index (χ1n) is 3.99. The predicted octanol–water partition coefficient (Wildman–Crippen LogP) is 0.142. The van der Waals surface area contributed by atoms with Crippen molar-refractivity contribution in [2.24, 2.45) is 5.92 Å². The molecule has 0 saturated carbocycles. The molecule has 0 aromatic carbocycles. The van der Waals surface area contributed by atoms with Crippen LogP contribution in [0.5, 0.6) is 0 Å². The van der Waals surface area contributed by atoms with Gasteiger partial charge in [0.1, 0.15) is 6.17 Å². The number of sulfone groups is 1. The molecule has 1 aliphatic rings. The lowest BCUT2D eigenvalue weighted by Gasteiger charge is -2.08. The fourth-order valence-electron chi connectivity index (χ4n) is 1.49. The highest BCUT2D eigenvalue weighted by molar-refractivity contribution is 7.91. The fourth-order valence-corrected chi connectivity index (χ4v) is 3.37. The summed E-state index contributed by atoms with van der Waals surface area (Å²) in [5.74, 6) is 0.181. The van der Waals surface area contributed by atoms with E-state index in [9.17, 15) is 12.8 Å². The molecule has 2 unspecified atom stereocenters. The zero-order valence-electron chi connectivity index (χ0n) is 6.74. The van der Waals surface area contributed by atoms with Crippen molar-refractivity contribution in [2.75, 3.05) is 18.1 Å². The van der Waals surface area contributed by atoms with Crippen molar-refractivity contribution < 1.29 is 17.9 Å². The first-order chi connectivity index (χ1) is 5.53. The van der Waals surface area contributed by atoms with Gasteiger partial charge in [-0.3, -0.25) is 0 Å². The third-order valence-corrected chi connectivity index (χ3v) is 3.95. The summed E-state index contributed by atoms with van der Waals surface area (Å²) < 4.78 is 34.4. The van der Waals surface area contributed by atoms with Gasteiger partial charge in [-0.1, -0.05) is 0 Å². The lowest BCUT2D eigenvalue weighted by Crippen LogP contribution is -2.14. The van der Waals surface area contributed by atoms with E-state index in [1.54, 1.807) is 0 Å². The third-order valence-electron chi connectivity index (χ3n) is 2.11. The molecule has 2 atom stereocenters. The molecule has 0 aromatic heterocycles. The Labute approximate surface area is 71.5 Å². The minimum Gasteiger partial charge on any atom is -0.393 e. The molecule has 5 heteroatoms. The number of hydrogen-bond donors (Lipinski definition) is 1. The standard InChI is InChI=1S/C7H13FO3S/c8-7(4-9)3-6-1-2-12(10,11)5-6/h6-7,9H,1-5H2. The molecule has 1 aliphatic heterocycles. The van der Waals surface area contributed by atoms with Gasteiger partial charge in [-0.25, -0.2) is 12.8 Å². The average molecular weight is 196 g/mol. The van der Waals surface area contributed by atoms with Gasteiger partial charge in [-0.05, 0) is 18.8 Å². The summed E-state index contributed by atoms with van der Waals surface area (Å²) in [4.78, 5) is 0. The summed E-state index contributed by atoms with van der Waals surface area (Å²) in [6.07, 6.45) is -0.540. The van der Waals surface area contributed by atoms with E-state index in [-0.39, 0.29) is 23.8 Å². The fraction of sp³-hybridized carbons (Fsp3) is 1.00. The van der Waals surface area contributed by atoms with E-state index in [1.165, 1.54) is 0 Å². The summed E-state index contributed by atoms with van der Waals surface area (Å²) in [6, 6.07) is 0. The van der Waals surface area contributed by atoms with Crippen LogP contribution in [0.1, 0.15) is 12.8 Å². The molecule has 1 N–H and O–H groups in total. The molecule has 1 heterocycles. The molecule has 12 heavy (non-hydrogen) atoms. The van der Waals surface area contributed by atoms with E-state index in [0.717, 1.165) is 0 Å². The molecule has 0 spiro atoms. The molecule has 0 aliphatic carbocycles. The molecule has 0 amide bonds. The number of aliphatic hydroxyl groups is 1. The van der Waals surface area contributed by atoms with E-state index in [0.29, 0.717) is 6.42 Å². The van der Waals surface area contributed by atoms with Crippen LogP contribution in [0.15, 0.2) is 0 Å². The smallest absolute Gasteiger partial charge is 0.150 e. The second-order valence-electron chi connectivity index (χ2n) is 3.28. The Kier molecular flexibility index (Phi) is 3.06. The van der Waals surface area contributed by atoms with Crippen LogP contribution in [0.3, 0.4) is 0 Å². The van der Waals surface area contributed by atoms with Gasteiger partial charge in [-0.15, -0.1) is 0 Å². The van der Waals surface area contributed by atoms with Gasteiger partial charge in [0.25, 0.3) is 0 Å². The van der Waals surface area contributed by atoms with Gasteiger partial charge in [0.15, 0.2) is 9.84 Å². The van der Waals surface area contributed by atoms with Gasteiger partial charge in [0.2, 0.25) is 0 Å². The van der Waals surface area contributed by atoms with Gasteiger partial charge >= 0.3 is 0 Å². The van der Waals surface area contributed by atoms with Crippen LogP contribution >= 0.6 is 0 Å². The number of hydrogen-bond acceptors (Lipinski definition) is 3. The van der Waals surface area contributed by atoms with Gasteiger partial charge in [0.05, 0.1) is 18.1 Å². The highest BCUT2D eigenvalue weighted by Gasteiger charge is 2.29. The van der Waals surface area contributed by atoms with Crippen molar-refractivity contribution in [3.05, 3.63) is 0 Å². The number of rotatable bonds is 3. The minimum absolute atomic E-state index is 0.0860. The summed E-state index contributed by atoms with van der Waals surface area (Å²) in [7, 11) is -2.90. The van der Waals surface area contributed by atoms with Crippen molar-refractivity contribution >= 4 is 9.84 Å². The van der Waals surface area contributed by atoms with Gasteiger partial charge in [-0.2, -0.15) is 0 Å². The predicted molar refractivity (Wildman–Crippen MR) is 43.4 cm³/mol. The molecule has 1 fully saturated rings. The zero-order valence-corrected chi connectivity index (χ0v) is 7.56. The largest absolute Gasteiger partial charge is 0.393 e. The molecule has 0 bridgehead atoms. The molecule has 3 nitrogen and oxygen atoms in total. The summed E-state index contributed by atoms with van der Waals surface area (Å²) >= 11 is 0. The maximum absolute atomic E-state index is 12.6. The Hall–Kier alpha value is -0.160. The average Bonchev–Trinajstić information content (AvgIpc) is 2.30. The molecule has 72 valence electrons. The summed E-state index contributed by atoms with van der Waals surface area (Å²) in [5.41, 5.74) is 0. The van der Waals surface area contributed by atoms with Crippen LogP contribution in [-0.4, -0.2) is 37.8 Å². The third kappa shape index (κ3) is 2.71. The quantitative estimate of drug-likeness (QED) is 0.698. The highest BCUT2D eigenvalue weighted by atomic mass is 32.2. The lowest BCUT2D eigenvalue weighted by atomic mass is 10.0. The maximum atomic E-state index is 12.6. The van der Waals surface area contributed by atoms with Crippen molar-refractivity contribution in [2.45, 2.75) is 19.0 Å². The van der Waals surface area contributed by atoms with E-state index < -0.39 is 22.6 Å². The lowest BCUT2D eigenvalue weighted by molar-refractivity contribution is 0.156. The Morgan fingerprint density at radius 2 is 2.25 bits per heavy atom. The Bertz CT molecular complexity index is 237. The van der Waals surface area contributed by atoms with Crippen LogP contribution < -0.4 is 0 Å². The normalized spacial score (nSPS) is 30.3. The maximum Gasteiger partial charge on any atom is 0.150 e. The summed E-state index contributed by atoms with van der Waals surface area (Å²) in [6.45, 7) is -0.503. The minimum atomic E-state index is -2.90. The van der Waals surface area contributed by atoms with E-state index in [1.807, 2.05) is 0 Å². The topological polar surface area (TPSA) is 54.4 Å².